The third kappa shape index (κ3) is 6.66. The minimum atomic E-state index is -2.53. The van der Waals surface area contributed by atoms with E-state index < -0.39 is 18.9 Å². The van der Waals surface area contributed by atoms with E-state index >= 15 is 0 Å². The first-order valence-corrected chi connectivity index (χ1v) is 17.2. The van der Waals surface area contributed by atoms with E-state index in [2.05, 4.69) is 9.47 Å². The van der Waals surface area contributed by atoms with Gasteiger partial charge in [0.25, 0.3) is 0 Å². The first-order chi connectivity index (χ1) is 20.6. The van der Waals surface area contributed by atoms with Crippen LogP contribution in [0, 0.1) is 5.82 Å². The molecule has 0 spiro atoms. The summed E-state index contributed by atoms with van der Waals surface area (Å²) in [6.07, 6.45) is 2.96. The van der Waals surface area contributed by atoms with Crippen LogP contribution < -0.4 is 10.0 Å². The molecule has 0 radical (unpaired) electrons. The number of halogens is 1. The van der Waals surface area contributed by atoms with Crippen LogP contribution in [0.1, 0.15) is 52.6 Å². The number of piperidine rings is 1. The Balaban J connectivity index is 1.09. The van der Waals surface area contributed by atoms with Crippen LogP contribution in [0.3, 0.4) is 0 Å². The first-order valence-electron chi connectivity index (χ1n) is 14.6. The average Bonchev–Trinajstić information content (AvgIpc) is 3.30. The van der Waals surface area contributed by atoms with Crippen molar-refractivity contribution in [3.63, 3.8) is 0 Å². The fraction of sp³-hybridized carbons (Fsp3) is 0.406. The summed E-state index contributed by atoms with van der Waals surface area (Å²) in [6, 6.07) is 15.5. The van der Waals surface area contributed by atoms with Crippen molar-refractivity contribution in [1.29, 1.82) is 0 Å². The number of nitrogens with zero attached hydrogens (tertiary/aromatic N) is 4. The molecule has 1 N–H and O–H groups in total. The molecule has 226 valence electrons. The standard InChI is InChI=1S/C32H36FN4O5P/c1-43(2,40)25-8-6-23(26(33)17-25)20-42-31-5-3-4-27(35-31)21-10-13-36(14-11-21)19-30-34-28-9-7-22(32(38)39)16-29(28)37(30)18-24-12-15-41-24/h3-9,16-17,21,24H,10-15,18-20H2,1-2H3,(H,38,39)/t24-/m0/s1. The third-order valence-electron chi connectivity index (χ3n) is 8.40. The van der Waals surface area contributed by atoms with Crippen molar-refractivity contribution in [2.45, 2.75) is 51.0 Å². The van der Waals surface area contributed by atoms with Crippen molar-refractivity contribution in [3.8, 4) is 5.88 Å². The first kappa shape index (κ1) is 29.5. The normalized spacial score (nSPS) is 18.1. The molecule has 1 atom stereocenters. The van der Waals surface area contributed by atoms with Crippen molar-refractivity contribution in [1.82, 2.24) is 19.4 Å². The SMILES string of the molecule is CP(C)(=O)c1ccc(COc2cccc(C3CCN(Cc4nc5ccc(C(=O)O)cc5n4C[C@@H]4CCO4)CC3)n2)c(F)c1. The number of benzene rings is 2. The number of imidazole rings is 1. The monoisotopic (exact) mass is 606 g/mol. The number of aromatic carboxylic acids is 1. The molecular formula is C32H36FN4O5P. The lowest BCUT2D eigenvalue weighted by molar-refractivity contribution is -0.0592. The van der Waals surface area contributed by atoms with Crippen LogP contribution in [0.15, 0.2) is 54.6 Å². The fourth-order valence-corrected chi connectivity index (χ4v) is 6.59. The number of hydrogen-bond acceptors (Lipinski definition) is 7. The fourth-order valence-electron chi connectivity index (χ4n) is 5.73. The number of rotatable bonds is 10. The maximum atomic E-state index is 14.6. The molecule has 4 aromatic rings. The number of carbonyl (C=O) groups is 1. The molecule has 4 heterocycles. The largest absolute Gasteiger partial charge is 0.478 e. The third-order valence-corrected chi connectivity index (χ3v) is 9.93. The van der Waals surface area contributed by atoms with E-state index in [0.717, 1.165) is 61.5 Å². The number of ether oxygens (including phenoxy) is 2. The van der Waals surface area contributed by atoms with E-state index in [1.165, 1.54) is 6.07 Å². The molecule has 0 saturated carbocycles. The predicted molar refractivity (Wildman–Crippen MR) is 162 cm³/mol. The van der Waals surface area contributed by atoms with Gasteiger partial charge in [0.05, 0.1) is 35.8 Å². The average molecular weight is 607 g/mol. The molecule has 11 heteroatoms. The van der Waals surface area contributed by atoms with Gasteiger partial charge in [0.15, 0.2) is 0 Å². The maximum absolute atomic E-state index is 14.6. The molecule has 0 aliphatic carbocycles. The van der Waals surface area contributed by atoms with Crippen molar-refractivity contribution >= 4 is 29.4 Å². The second-order valence-corrected chi connectivity index (χ2v) is 15.0. The molecule has 2 aliphatic rings. The van der Waals surface area contributed by atoms with Gasteiger partial charge >= 0.3 is 5.97 Å². The Morgan fingerprint density at radius 2 is 1.88 bits per heavy atom. The minimum Gasteiger partial charge on any atom is -0.478 e. The lowest BCUT2D eigenvalue weighted by Crippen LogP contribution is -2.35. The Kier molecular flexibility index (Phi) is 8.36. The number of likely N-dealkylation sites (tertiary alicyclic amines) is 1. The van der Waals surface area contributed by atoms with E-state index in [9.17, 15) is 18.9 Å². The van der Waals surface area contributed by atoms with Crippen LogP contribution in [-0.2, 0) is 29.0 Å². The van der Waals surface area contributed by atoms with Gasteiger partial charge in [0, 0.05) is 35.2 Å². The Bertz CT molecular complexity index is 1690. The van der Waals surface area contributed by atoms with Gasteiger partial charge in [-0.3, -0.25) is 4.90 Å². The van der Waals surface area contributed by atoms with Gasteiger partial charge in [-0.25, -0.2) is 19.2 Å². The van der Waals surface area contributed by atoms with E-state index in [1.54, 1.807) is 49.7 Å². The summed E-state index contributed by atoms with van der Waals surface area (Å²) in [5.74, 6) is 0.266. The number of fused-ring (bicyclic) bond motifs is 1. The van der Waals surface area contributed by atoms with Gasteiger partial charge < -0.3 is 23.7 Å². The molecule has 2 saturated heterocycles. The highest BCUT2D eigenvalue weighted by Crippen LogP contribution is 2.35. The van der Waals surface area contributed by atoms with E-state index in [0.29, 0.717) is 29.8 Å². The van der Waals surface area contributed by atoms with Gasteiger partial charge in [0.2, 0.25) is 5.88 Å². The zero-order valence-electron chi connectivity index (χ0n) is 24.4. The summed E-state index contributed by atoms with van der Waals surface area (Å²) in [4.78, 5) is 23.6. The van der Waals surface area contributed by atoms with Gasteiger partial charge in [-0.15, -0.1) is 0 Å². The van der Waals surface area contributed by atoms with Crippen molar-refractivity contribution in [2.24, 2.45) is 0 Å². The van der Waals surface area contributed by atoms with Crippen LogP contribution in [0.5, 0.6) is 5.88 Å². The molecule has 2 aromatic carbocycles. The second kappa shape index (κ2) is 12.2. The van der Waals surface area contributed by atoms with Crippen LogP contribution in [0.25, 0.3) is 11.0 Å². The molecule has 0 amide bonds. The maximum Gasteiger partial charge on any atom is 0.335 e. The molecule has 2 aromatic heterocycles. The molecular weight excluding hydrogens is 570 g/mol. The summed E-state index contributed by atoms with van der Waals surface area (Å²) < 4.78 is 40.5. The Morgan fingerprint density at radius 3 is 2.56 bits per heavy atom. The predicted octanol–water partition coefficient (Wildman–Crippen LogP) is 5.26. The summed E-state index contributed by atoms with van der Waals surface area (Å²) in [7, 11) is -2.53. The molecule has 0 unspecified atom stereocenters. The smallest absolute Gasteiger partial charge is 0.335 e. The number of aromatic nitrogens is 3. The van der Waals surface area contributed by atoms with Crippen LogP contribution in [0.4, 0.5) is 4.39 Å². The van der Waals surface area contributed by atoms with Gasteiger partial charge in [-0.1, -0.05) is 18.2 Å². The highest BCUT2D eigenvalue weighted by Gasteiger charge is 2.26. The number of hydrogen-bond donors (Lipinski definition) is 1. The number of carboxylic acids is 1. The van der Waals surface area contributed by atoms with E-state index in [4.69, 9.17) is 19.4 Å². The Morgan fingerprint density at radius 1 is 1.09 bits per heavy atom. The highest BCUT2D eigenvalue weighted by atomic mass is 31.2. The zero-order valence-corrected chi connectivity index (χ0v) is 25.3. The molecule has 2 fully saturated rings. The molecule has 43 heavy (non-hydrogen) atoms. The van der Waals surface area contributed by atoms with Gasteiger partial charge in [-0.2, -0.15) is 0 Å². The lowest BCUT2D eigenvalue weighted by atomic mass is 9.93. The lowest BCUT2D eigenvalue weighted by Gasteiger charge is -2.32. The van der Waals surface area contributed by atoms with E-state index in [-0.39, 0.29) is 24.2 Å². The molecule has 6 rings (SSSR count). The summed E-state index contributed by atoms with van der Waals surface area (Å²) in [5.41, 5.74) is 3.23. The molecule has 0 bridgehead atoms. The van der Waals surface area contributed by atoms with Gasteiger partial charge in [-0.05, 0) is 76.0 Å². The topological polar surface area (TPSA) is 107 Å². The minimum absolute atomic E-state index is 0.0413. The number of carboxylic acid groups (broad SMARTS) is 1. The summed E-state index contributed by atoms with van der Waals surface area (Å²) in [5, 5.41) is 10.0. The van der Waals surface area contributed by atoms with Crippen LogP contribution in [-0.4, -0.2) is 69.6 Å². The Labute approximate surface area is 250 Å². The van der Waals surface area contributed by atoms with Gasteiger partial charge in [0.1, 0.15) is 25.4 Å². The Hall–Kier alpha value is -3.59. The van der Waals surface area contributed by atoms with Crippen LogP contribution in [0.2, 0.25) is 0 Å². The summed E-state index contributed by atoms with van der Waals surface area (Å²) >= 11 is 0. The zero-order chi connectivity index (χ0) is 30.1. The quantitative estimate of drug-likeness (QED) is 0.244. The van der Waals surface area contributed by atoms with Crippen LogP contribution >= 0.6 is 7.14 Å². The van der Waals surface area contributed by atoms with Crippen molar-refractivity contribution < 1.29 is 28.3 Å². The number of pyridine rings is 1. The van der Waals surface area contributed by atoms with Crippen molar-refractivity contribution in [2.75, 3.05) is 33.0 Å². The second-order valence-electron chi connectivity index (χ2n) is 11.8. The van der Waals surface area contributed by atoms with Crippen molar-refractivity contribution in [3.05, 3.63) is 83.1 Å². The highest BCUT2D eigenvalue weighted by molar-refractivity contribution is 7.70. The molecule has 9 nitrogen and oxygen atoms in total. The van der Waals surface area contributed by atoms with E-state index in [1.807, 2.05) is 12.1 Å². The summed E-state index contributed by atoms with van der Waals surface area (Å²) in [6.45, 7) is 7.12. The molecule has 2 aliphatic heterocycles.